The molecule has 0 fully saturated rings. The molecular weight excluding hydrogens is 230 g/mol. The number of carbonyl (C=O) groups is 1. The Morgan fingerprint density at radius 1 is 1.39 bits per heavy atom. The van der Waals surface area contributed by atoms with Gasteiger partial charge in [0.1, 0.15) is 11.8 Å². The van der Waals surface area contributed by atoms with E-state index in [0.29, 0.717) is 17.9 Å². The quantitative estimate of drug-likeness (QED) is 0.782. The lowest BCUT2D eigenvalue weighted by Gasteiger charge is -2.21. The standard InChI is InChI=1S/C14H21NO3/c1-4-10(3)15-13(14(16)17)11-8-6-7-9-12(11)18-5-2/h6-10,13,15H,4-5H2,1-3H3,(H,16,17). The van der Waals surface area contributed by atoms with E-state index in [-0.39, 0.29) is 6.04 Å². The van der Waals surface area contributed by atoms with Crippen LogP contribution in [0.3, 0.4) is 0 Å². The van der Waals surface area contributed by atoms with E-state index in [2.05, 4.69) is 5.32 Å². The lowest BCUT2D eigenvalue weighted by molar-refractivity contribution is -0.139. The minimum Gasteiger partial charge on any atom is -0.494 e. The zero-order valence-corrected chi connectivity index (χ0v) is 11.1. The van der Waals surface area contributed by atoms with Gasteiger partial charge in [0.05, 0.1) is 6.61 Å². The Hall–Kier alpha value is -1.55. The van der Waals surface area contributed by atoms with Crippen LogP contribution in [-0.2, 0) is 4.79 Å². The number of ether oxygens (including phenoxy) is 1. The summed E-state index contributed by atoms with van der Waals surface area (Å²) in [7, 11) is 0. The van der Waals surface area contributed by atoms with Crippen LogP contribution in [0.5, 0.6) is 5.75 Å². The van der Waals surface area contributed by atoms with Gasteiger partial charge in [-0.15, -0.1) is 0 Å². The average molecular weight is 251 g/mol. The average Bonchev–Trinajstić information content (AvgIpc) is 2.36. The maximum Gasteiger partial charge on any atom is 0.325 e. The van der Waals surface area contributed by atoms with Crippen LogP contribution in [0.15, 0.2) is 24.3 Å². The molecule has 0 saturated carbocycles. The Morgan fingerprint density at radius 3 is 2.61 bits per heavy atom. The van der Waals surface area contributed by atoms with E-state index in [1.54, 1.807) is 12.1 Å². The zero-order valence-electron chi connectivity index (χ0n) is 11.1. The highest BCUT2D eigenvalue weighted by molar-refractivity contribution is 5.76. The van der Waals surface area contributed by atoms with E-state index in [1.165, 1.54) is 0 Å². The molecule has 0 aliphatic heterocycles. The lowest BCUT2D eigenvalue weighted by atomic mass is 10.0. The highest BCUT2D eigenvalue weighted by atomic mass is 16.5. The molecule has 0 aliphatic carbocycles. The summed E-state index contributed by atoms with van der Waals surface area (Å²) in [6, 6.07) is 6.66. The molecule has 1 aromatic carbocycles. The van der Waals surface area contributed by atoms with E-state index in [1.807, 2.05) is 32.9 Å². The van der Waals surface area contributed by atoms with Gasteiger partial charge in [-0.3, -0.25) is 10.1 Å². The summed E-state index contributed by atoms with van der Waals surface area (Å²) < 4.78 is 5.48. The summed E-state index contributed by atoms with van der Waals surface area (Å²) in [6.07, 6.45) is 0.876. The molecular formula is C14H21NO3. The van der Waals surface area contributed by atoms with Crippen LogP contribution >= 0.6 is 0 Å². The Kier molecular flexibility index (Phi) is 5.65. The summed E-state index contributed by atoms with van der Waals surface area (Å²) in [5.74, 6) is -0.259. The molecule has 1 aromatic rings. The predicted octanol–water partition coefficient (Wildman–Crippen LogP) is 2.60. The Balaban J connectivity index is 3.01. The molecule has 0 aliphatic rings. The molecule has 0 spiro atoms. The molecule has 0 saturated heterocycles. The molecule has 2 N–H and O–H groups in total. The first-order valence-corrected chi connectivity index (χ1v) is 6.30. The van der Waals surface area contributed by atoms with Gasteiger partial charge in [0.25, 0.3) is 0 Å². The van der Waals surface area contributed by atoms with E-state index in [4.69, 9.17) is 4.74 Å². The number of rotatable bonds is 7. The van der Waals surface area contributed by atoms with Crippen LogP contribution in [0.25, 0.3) is 0 Å². The minimum absolute atomic E-state index is 0.140. The smallest absolute Gasteiger partial charge is 0.325 e. The van der Waals surface area contributed by atoms with Gasteiger partial charge in [-0.2, -0.15) is 0 Å². The summed E-state index contributed by atoms with van der Waals surface area (Å²) in [4.78, 5) is 11.4. The van der Waals surface area contributed by atoms with Crippen LogP contribution in [0.1, 0.15) is 38.8 Å². The first kappa shape index (κ1) is 14.5. The summed E-state index contributed by atoms with van der Waals surface area (Å²) in [5.41, 5.74) is 0.673. The van der Waals surface area contributed by atoms with Crippen LogP contribution in [0, 0.1) is 0 Å². The molecule has 0 amide bonds. The molecule has 4 heteroatoms. The molecule has 4 nitrogen and oxygen atoms in total. The minimum atomic E-state index is -0.887. The molecule has 0 radical (unpaired) electrons. The second-order valence-corrected chi connectivity index (χ2v) is 4.22. The highest BCUT2D eigenvalue weighted by Gasteiger charge is 2.24. The summed E-state index contributed by atoms with van der Waals surface area (Å²) in [6.45, 7) is 6.39. The number of nitrogens with one attached hydrogen (secondary N) is 1. The summed E-state index contributed by atoms with van der Waals surface area (Å²) >= 11 is 0. The number of aliphatic carboxylic acids is 1. The van der Waals surface area contributed by atoms with Crippen LogP contribution in [0.2, 0.25) is 0 Å². The summed E-state index contributed by atoms with van der Waals surface area (Å²) in [5, 5.41) is 12.4. The van der Waals surface area contributed by atoms with Crippen molar-refractivity contribution in [2.45, 2.75) is 39.3 Å². The van der Waals surface area contributed by atoms with Crippen molar-refractivity contribution in [3.63, 3.8) is 0 Å². The maximum atomic E-state index is 11.4. The topological polar surface area (TPSA) is 58.6 Å². The highest BCUT2D eigenvalue weighted by Crippen LogP contribution is 2.26. The number of carboxylic acid groups (broad SMARTS) is 1. The van der Waals surface area contributed by atoms with Crippen molar-refractivity contribution in [3.05, 3.63) is 29.8 Å². The van der Waals surface area contributed by atoms with E-state index in [9.17, 15) is 9.90 Å². The molecule has 1 rings (SSSR count). The Labute approximate surface area is 108 Å². The monoisotopic (exact) mass is 251 g/mol. The third-order valence-electron chi connectivity index (χ3n) is 2.84. The first-order chi connectivity index (χ1) is 8.60. The third-order valence-corrected chi connectivity index (χ3v) is 2.84. The fraction of sp³-hybridized carbons (Fsp3) is 0.500. The van der Waals surface area contributed by atoms with Crippen LogP contribution in [0.4, 0.5) is 0 Å². The van der Waals surface area contributed by atoms with Crippen molar-refractivity contribution in [2.24, 2.45) is 0 Å². The maximum absolute atomic E-state index is 11.4. The molecule has 0 heterocycles. The van der Waals surface area contributed by atoms with E-state index >= 15 is 0 Å². The van der Waals surface area contributed by atoms with Crippen molar-refractivity contribution in [1.82, 2.24) is 5.32 Å². The third kappa shape index (κ3) is 3.74. The van der Waals surface area contributed by atoms with Gasteiger partial charge in [-0.25, -0.2) is 0 Å². The second-order valence-electron chi connectivity index (χ2n) is 4.22. The van der Waals surface area contributed by atoms with Gasteiger partial charge in [-0.05, 0) is 26.3 Å². The van der Waals surface area contributed by atoms with Gasteiger partial charge < -0.3 is 9.84 Å². The lowest BCUT2D eigenvalue weighted by Crippen LogP contribution is -2.35. The van der Waals surface area contributed by atoms with Gasteiger partial charge in [0.15, 0.2) is 0 Å². The van der Waals surface area contributed by atoms with Crippen molar-refractivity contribution in [3.8, 4) is 5.75 Å². The van der Waals surface area contributed by atoms with Crippen LogP contribution in [-0.4, -0.2) is 23.7 Å². The van der Waals surface area contributed by atoms with Gasteiger partial charge in [0, 0.05) is 11.6 Å². The van der Waals surface area contributed by atoms with E-state index in [0.717, 1.165) is 6.42 Å². The molecule has 18 heavy (non-hydrogen) atoms. The van der Waals surface area contributed by atoms with Crippen molar-refractivity contribution in [2.75, 3.05) is 6.61 Å². The van der Waals surface area contributed by atoms with E-state index < -0.39 is 12.0 Å². The first-order valence-electron chi connectivity index (χ1n) is 6.30. The number of hydrogen-bond donors (Lipinski definition) is 2. The fourth-order valence-electron chi connectivity index (χ4n) is 1.70. The van der Waals surface area contributed by atoms with Crippen LogP contribution < -0.4 is 10.1 Å². The van der Waals surface area contributed by atoms with Crippen molar-refractivity contribution in [1.29, 1.82) is 0 Å². The number of carboxylic acids is 1. The van der Waals surface area contributed by atoms with Gasteiger partial charge in [0.2, 0.25) is 0 Å². The molecule has 0 bridgehead atoms. The van der Waals surface area contributed by atoms with Crippen molar-refractivity contribution < 1.29 is 14.6 Å². The number of hydrogen-bond acceptors (Lipinski definition) is 3. The Morgan fingerprint density at radius 2 is 2.06 bits per heavy atom. The Bertz CT molecular complexity index is 392. The molecule has 2 atom stereocenters. The zero-order chi connectivity index (χ0) is 13.5. The molecule has 0 aromatic heterocycles. The number of para-hydroxylation sites is 1. The SMILES string of the molecule is CCOc1ccccc1C(NC(C)CC)C(=O)O. The normalized spacial score (nSPS) is 13.9. The van der Waals surface area contributed by atoms with Gasteiger partial charge in [-0.1, -0.05) is 25.1 Å². The molecule has 100 valence electrons. The largest absolute Gasteiger partial charge is 0.494 e. The fourth-order valence-corrected chi connectivity index (χ4v) is 1.70. The number of benzene rings is 1. The van der Waals surface area contributed by atoms with Crippen molar-refractivity contribution >= 4 is 5.97 Å². The van der Waals surface area contributed by atoms with Gasteiger partial charge >= 0.3 is 5.97 Å². The molecule has 2 unspecified atom stereocenters. The second kappa shape index (κ2) is 7.01. The predicted molar refractivity (Wildman–Crippen MR) is 70.9 cm³/mol.